The molecule has 100 valence electrons. The van der Waals surface area contributed by atoms with Crippen LogP contribution in [-0.4, -0.2) is 16.6 Å². The van der Waals surface area contributed by atoms with Gasteiger partial charge in [-0.3, -0.25) is 0 Å². The highest BCUT2D eigenvalue weighted by Crippen LogP contribution is 2.16. The van der Waals surface area contributed by atoms with Crippen molar-refractivity contribution in [2.45, 2.75) is 19.1 Å². The third kappa shape index (κ3) is 4.03. The first-order valence-corrected chi connectivity index (χ1v) is 6.62. The lowest BCUT2D eigenvalue weighted by atomic mass is 10.1. The highest BCUT2D eigenvalue weighted by atomic mass is 35.5. The van der Waals surface area contributed by atoms with Crippen molar-refractivity contribution in [1.29, 1.82) is 0 Å². The van der Waals surface area contributed by atoms with E-state index in [-0.39, 0.29) is 6.04 Å². The summed E-state index contributed by atoms with van der Waals surface area (Å²) in [7, 11) is 0. The number of aliphatic hydroxyl groups excluding tert-OH is 1. The third-order valence-corrected chi connectivity index (χ3v) is 3.28. The molecule has 0 saturated heterocycles. The molecule has 0 saturated carbocycles. The van der Waals surface area contributed by atoms with Crippen LogP contribution in [0.2, 0.25) is 5.15 Å². The predicted octanol–water partition coefficient (Wildman–Crippen LogP) is 3.12. The molecular formula is C15H17ClN2O. The molecule has 2 rings (SSSR count). The molecule has 2 aromatic rings. The molecule has 2 atom stereocenters. The zero-order chi connectivity index (χ0) is 13.7. The lowest BCUT2D eigenvalue weighted by molar-refractivity contribution is 0.170. The second-order valence-corrected chi connectivity index (χ2v) is 4.86. The molecule has 3 nitrogen and oxygen atoms in total. The van der Waals surface area contributed by atoms with Gasteiger partial charge in [0.15, 0.2) is 0 Å². The fraction of sp³-hybridized carbons (Fsp3) is 0.267. The zero-order valence-corrected chi connectivity index (χ0v) is 11.5. The maximum absolute atomic E-state index is 10.1. The molecule has 1 aromatic heterocycles. The molecule has 1 heterocycles. The number of aliphatic hydroxyl groups is 1. The van der Waals surface area contributed by atoms with Crippen LogP contribution in [0.3, 0.4) is 0 Å². The minimum atomic E-state index is -0.587. The Labute approximate surface area is 118 Å². The number of hydrogen-bond donors (Lipinski definition) is 2. The summed E-state index contributed by atoms with van der Waals surface area (Å²) in [4.78, 5) is 3.96. The third-order valence-electron chi connectivity index (χ3n) is 3.05. The van der Waals surface area contributed by atoms with Gasteiger partial charge in [0.25, 0.3) is 0 Å². The van der Waals surface area contributed by atoms with E-state index in [1.165, 1.54) is 5.56 Å². The van der Waals surface area contributed by atoms with Crippen molar-refractivity contribution < 1.29 is 5.11 Å². The van der Waals surface area contributed by atoms with Gasteiger partial charge in [0.2, 0.25) is 0 Å². The van der Waals surface area contributed by atoms with Crippen LogP contribution >= 0.6 is 11.6 Å². The average Bonchev–Trinajstić information content (AvgIpc) is 2.46. The first-order valence-electron chi connectivity index (χ1n) is 6.24. The summed E-state index contributed by atoms with van der Waals surface area (Å²) in [6.07, 6.45) is 1.01. The van der Waals surface area contributed by atoms with E-state index in [9.17, 15) is 5.11 Å². The highest BCUT2D eigenvalue weighted by Gasteiger charge is 2.10. The first-order chi connectivity index (χ1) is 9.16. The number of nitrogens with zero attached hydrogens (tertiary/aromatic N) is 1. The molecule has 0 radical (unpaired) electrons. The lowest BCUT2D eigenvalue weighted by Gasteiger charge is -2.17. The van der Waals surface area contributed by atoms with Gasteiger partial charge in [-0.05, 0) is 18.6 Å². The van der Waals surface area contributed by atoms with Crippen molar-refractivity contribution >= 4 is 11.6 Å². The molecule has 0 aliphatic rings. The number of aromatic nitrogens is 1. The van der Waals surface area contributed by atoms with Crippen molar-refractivity contribution in [1.82, 2.24) is 10.3 Å². The van der Waals surface area contributed by atoms with E-state index in [0.717, 1.165) is 5.56 Å². The monoisotopic (exact) mass is 276 g/mol. The van der Waals surface area contributed by atoms with Gasteiger partial charge in [-0.25, -0.2) is 4.98 Å². The number of hydrogen-bond acceptors (Lipinski definition) is 3. The summed E-state index contributed by atoms with van der Waals surface area (Å²) in [6.45, 7) is 2.54. The van der Waals surface area contributed by atoms with E-state index in [1.54, 1.807) is 18.3 Å². The van der Waals surface area contributed by atoms with Crippen LogP contribution in [0.5, 0.6) is 0 Å². The Hall–Kier alpha value is -1.42. The quantitative estimate of drug-likeness (QED) is 0.825. The van der Waals surface area contributed by atoms with Gasteiger partial charge in [0.1, 0.15) is 5.15 Å². The molecule has 4 heteroatoms. The molecule has 0 amide bonds. The van der Waals surface area contributed by atoms with Gasteiger partial charge in [-0.15, -0.1) is 0 Å². The number of nitrogens with one attached hydrogen (secondary N) is 1. The van der Waals surface area contributed by atoms with Crippen LogP contribution < -0.4 is 5.32 Å². The van der Waals surface area contributed by atoms with Crippen LogP contribution in [0.1, 0.15) is 30.2 Å². The minimum Gasteiger partial charge on any atom is -0.387 e. The standard InChI is InChI=1S/C15H17ClN2O/c1-11(12-5-3-2-4-6-12)17-10-14(19)13-7-8-15(16)18-9-13/h2-9,11,14,17,19H,10H2,1H3/t11-,14+/m1/s1. The summed E-state index contributed by atoms with van der Waals surface area (Å²) in [5, 5.41) is 13.8. The lowest BCUT2D eigenvalue weighted by Crippen LogP contribution is -2.24. The van der Waals surface area contributed by atoms with Crippen LogP contribution in [0, 0.1) is 0 Å². The first kappa shape index (κ1) is 14.0. The Morgan fingerprint density at radius 2 is 1.89 bits per heavy atom. The largest absolute Gasteiger partial charge is 0.387 e. The number of halogens is 1. The summed E-state index contributed by atoms with van der Waals surface area (Å²) >= 11 is 5.72. The van der Waals surface area contributed by atoms with Gasteiger partial charge in [-0.2, -0.15) is 0 Å². The predicted molar refractivity (Wildman–Crippen MR) is 77.1 cm³/mol. The van der Waals surface area contributed by atoms with Crippen molar-refractivity contribution in [2.75, 3.05) is 6.54 Å². The van der Waals surface area contributed by atoms with E-state index in [2.05, 4.69) is 29.4 Å². The maximum atomic E-state index is 10.1. The molecular weight excluding hydrogens is 260 g/mol. The SMILES string of the molecule is C[C@@H](NC[C@H](O)c1ccc(Cl)nc1)c1ccccc1. The number of pyridine rings is 1. The van der Waals surface area contributed by atoms with E-state index in [4.69, 9.17) is 11.6 Å². The average molecular weight is 277 g/mol. The summed E-state index contributed by atoms with van der Waals surface area (Å²) in [6, 6.07) is 13.8. The summed E-state index contributed by atoms with van der Waals surface area (Å²) in [5.41, 5.74) is 1.96. The van der Waals surface area contributed by atoms with Gasteiger partial charge in [0, 0.05) is 24.3 Å². The van der Waals surface area contributed by atoms with E-state index >= 15 is 0 Å². The number of rotatable bonds is 5. The molecule has 0 aliphatic carbocycles. The fourth-order valence-corrected chi connectivity index (χ4v) is 1.96. The molecule has 0 aliphatic heterocycles. The van der Waals surface area contributed by atoms with Gasteiger partial charge in [-0.1, -0.05) is 48.0 Å². The molecule has 2 N–H and O–H groups in total. The molecule has 0 fully saturated rings. The molecule has 19 heavy (non-hydrogen) atoms. The fourth-order valence-electron chi connectivity index (χ4n) is 1.85. The number of benzene rings is 1. The van der Waals surface area contributed by atoms with Crippen molar-refractivity contribution in [3.8, 4) is 0 Å². The Bertz CT molecular complexity index is 501. The van der Waals surface area contributed by atoms with Crippen LogP contribution in [0.25, 0.3) is 0 Å². The minimum absolute atomic E-state index is 0.191. The Morgan fingerprint density at radius 3 is 2.53 bits per heavy atom. The van der Waals surface area contributed by atoms with Gasteiger partial charge < -0.3 is 10.4 Å². The van der Waals surface area contributed by atoms with Gasteiger partial charge in [0.05, 0.1) is 6.10 Å². The highest BCUT2D eigenvalue weighted by molar-refractivity contribution is 6.29. The smallest absolute Gasteiger partial charge is 0.129 e. The van der Waals surface area contributed by atoms with Crippen molar-refractivity contribution in [3.05, 3.63) is 64.9 Å². The second kappa shape index (κ2) is 6.66. The van der Waals surface area contributed by atoms with E-state index in [1.807, 2.05) is 18.2 Å². The summed E-state index contributed by atoms with van der Waals surface area (Å²) < 4.78 is 0. The zero-order valence-electron chi connectivity index (χ0n) is 10.8. The van der Waals surface area contributed by atoms with Crippen LogP contribution in [0.4, 0.5) is 0 Å². The van der Waals surface area contributed by atoms with E-state index < -0.39 is 6.10 Å². The van der Waals surface area contributed by atoms with E-state index in [0.29, 0.717) is 11.7 Å². The molecule has 1 aromatic carbocycles. The topological polar surface area (TPSA) is 45.1 Å². The Morgan fingerprint density at radius 1 is 1.16 bits per heavy atom. The van der Waals surface area contributed by atoms with Crippen LogP contribution in [0.15, 0.2) is 48.7 Å². The summed E-state index contributed by atoms with van der Waals surface area (Å²) in [5.74, 6) is 0. The molecule has 0 spiro atoms. The Balaban J connectivity index is 1.90. The normalized spacial score (nSPS) is 14.1. The maximum Gasteiger partial charge on any atom is 0.129 e. The van der Waals surface area contributed by atoms with Crippen molar-refractivity contribution in [2.24, 2.45) is 0 Å². The van der Waals surface area contributed by atoms with Crippen LogP contribution in [-0.2, 0) is 0 Å². The second-order valence-electron chi connectivity index (χ2n) is 4.47. The van der Waals surface area contributed by atoms with Crippen molar-refractivity contribution in [3.63, 3.8) is 0 Å². The molecule has 0 unspecified atom stereocenters. The van der Waals surface area contributed by atoms with Gasteiger partial charge >= 0.3 is 0 Å². The Kier molecular flexibility index (Phi) is 4.91. The molecule has 0 bridgehead atoms.